The molecule has 1 unspecified atom stereocenters. The average molecular weight is 800 g/mol. The fourth-order valence-corrected chi connectivity index (χ4v) is 11.2. The number of hydrogen-bond donors (Lipinski definition) is 0. The zero-order chi connectivity index (χ0) is 40.6. The third-order valence-corrected chi connectivity index (χ3v) is 14.1. The number of fused-ring (bicyclic) bond motifs is 9. The van der Waals surface area contributed by atoms with Gasteiger partial charge in [0, 0.05) is 53.3 Å². The monoisotopic (exact) mass is 799 g/mol. The summed E-state index contributed by atoms with van der Waals surface area (Å²) in [4.78, 5) is 0. The number of furan rings is 1. The van der Waals surface area contributed by atoms with Crippen LogP contribution in [0.4, 0.5) is 0 Å². The quantitative estimate of drug-likeness (QED) is 0.157. The van der Waals surface area contributed by atoms with Crippen LogP contribution in [-0.4, -0.2) is 4.57 Å². The van der Waals surface area contributed by atoms with Crippen LogP contribution in [0.3, 0.4) is 0 Å². The van der Waals surface area contributed by atoms with Crippen LogP contribution in [0.25, 0.3) is 103 Å². The third-order valence-electron chi connectivity index (χ3n) is 12.9. The van der Waals surface area contributed by atoms with Crippen LogP contribution in [0.1, 0.15) is 36.0 Å². The van der Waals surface area contributed by atoms with Crippen molar-refractivity contribution in [1.82, 2.24) is 4.57 Å². The summed E-state index contributed by atoms with van der Waals surface area (Å²) in [6.45, 7) is 4.61. The maximum atomic E-state index is 6.26. The molecule has 0 aliphatic rings. The number of aryl methyl sites for hydroxylation is 1. The fraction of sp³-hybridized carbons (Fsp3) is 0.0690. The molecule has 0 saturated heterocycles. The molecule has 0 amide bonds. The minimum absolute atomic E-state index is 0.192. The molecule has 0 radical (unpaired) electrons. The van der Waals surface area contributed by atoms with Crippen molar-refractivity contribution in [3.8, 4) is 39.1 Å². The van der Waals surface area contributed by atoms with E-state index in [0.717, 1.165) is 28.4 Å². The van der Waals surface area contributed by atoms with E-state index >= 15 is 0 Å². The van der Waals surface area contributed by atoms with Gasteiger partial charge in [0.2, 0.25) is 0 Å². The van der Waals surface area contributed by atoms with Crippen LogP contribution in [0.2, 0.25) is 0 Å². The number of nitrogens with zero attached hydrogens (tertiary/aromatic N) is 1. The lowest BCUT2D eigenvalue weighted by Gasteiger charge is -2.22. The largest absolute Gasteiger partial charge is 0.456 e. The molecule has 0 N–H and O–H groups in total. The first-order chi connectivity index (χ1) is 30.1. The number of aromatic nitrogens is 1. The van der Waals surface area contributed by atoms with Crippen LogP contribution in [0.15, 0.2) is 199 Å². The van der Waals surface area contributed by atoms with E-state index < -0.39 is 0 Å². The Hall–Kier alpha value is -7.20. The van der Waals surface area contributed by atoms with E-state index in [1.54, 1.807) is 0 Å². The lowest BCUT2D eigenvalue weighted by Crippen LogP contribution is -2.03. The first-order valence-electron chi connectivity index (χ1n) is 21.3. The molecule has 61 heavy (non-hydrogen) atoms. The highest BCUT2D eigenvalue weighted by Gasteiger charge is 2.22. The second kappa shape index (κ2) is 14.2. The average Bonchev–Trinajstić information content (AvgIpc) is 3.99. The van der Waals surface area contributed by atoms with Gasteiger partial charge in [0.25, 0.3) is 0 Å². The Morgan fingerprint density at radius 2 is 1.16 bits per heavy atom. The summed E-state index contributed by atoms with van der Waals surface area (Å²) in [6.07, 6.45) is 0.974. The van der Waals surface area contributed by atoms with Crippen LogP contribution in [0, 0.1) is 6.92 Å². The Balaban J connectivity index is 0.976. The standard InChI is InChI=1S/C58H41NOS/c1-3-42(40-33-50(58-52(34-40)49-21-11-14-24-57(49)61-58)39-27-30-56-51(32-39)48-20-10-13-23-55(48)60-56)44-17-7-8-18-45(44)43-28-25-37(31-36(43)2)38-26-29-47-46-19-9-12-22-53(46)59(54(47)35-38)41-15-5-4-6-16-41/h4-35,42H,3H2,1-2H3. The van der Waals surface area contributed by atoms with Gasteiger partial charge in [0.1, 0.15) is 11.2 Å². The molecule has 12 rings (SSSR count). The highest BCUT2D eigenvalue weighted by molar-refractivity contribution is 7.26. The summed E-state index contributed by atoms with van der Waals surface area (Å²) in [5, 5.41) is 7.49. The lowest BCUT2D eigenvalue weighted by molar-refractivity contribution is 0.669. The third kappa shape index (κ3) is 5.76. The van der Waals surface area contributed by atoms with Crippen LogP contribution >= 0.6 is 11.3 Å². The Morgan fingerprint density at radius 1 is 0.475 bits per heavy atom. The van der Waals surface area contributed by atoms with Crippen molar-refractivity contribution in [3.05, 3.63) is 211 Å². The van der Waals surface area contributed by atoms with Crippen molar-refractivity contribution in [1.29, 1.82) is 0 Å². The molecule has 9 aromatic carbocycles. The highest BCUT2D eigenvalue weighted by atomic mass is 32.1. The number of para-hydroxylation sites is 3. The van der Waals surface area contributed by atoms with E-state index in [1.165, 1.54) is 97.7 Å². The van der Waals surface area contributed by atoms with Crippen molar-refractivity contribution in [2.45, 2.75) is 26.2 Å². The maximum absolute atomic E-state index is 6.26. The van der Waals surface area contributed by atoms with Crippen molar-refractivity contribution in [2.24, 2.45) is 0 Å². The van der Waals surface area contributed by atoms with Crippen molar-refractivity contribution < 1.29 is 4.42 Å². The van der Waals surface area contributed by atoms with Gasteiger partial charge in [0.05, 0.1) is 11.0 Å². The molecule has 0 fully saturated rings. The predicted molar refractivity (Wildman–Crippen MR) is 261 cm³/mol. The van der Waals surface area contributed by atoms with E-state index in [2.05, 4.69) is 206 Å². The number of hydrogen-bond acceptors (Lipinski definition) is 2. The molecular formula is C58H41NOS. The molecule has 3 aromatic heterocycles. The SMILES string of the molecule is CCC(c1cc(-c2ccc3oc4ccccc4c3c2)c2sc3ccccc3c2c1)c1ccccc1-c1ccc(-c2ccc3c4ccccc4n(-c4ccccc4)c3c2)cc1C. The molecule has 2 nitrogen and oxygen atoms in total. The van der Waals surface area contributed by atoms with Gasteiger partial charge >= 0.3 is 0 Å². The first-order valence-corrected chi connectivity index (χ1v) is 22.1. The summed E-state index contributed by atoms with van der Waals surface area (Å²) in [6, 6.07) is 71.4. The predicted octanol–water partition coefficient (Wildman–Crippen LogP) is 16.9. The number of benzene rings is 9. The Kier molecular flexibility index (Phi) is 8.33. The second-order valence-corrected chi connectivity index (χ2v) is 17.4. The van der Waals surface area contributed by atoms with E-state index in [-0.39, 0.29) is 5.92 Å². The number of thiophene rings is 1. The van der Waals surface area contributed by atoms with E-state index in [4.69, 9.17) is 4.42 Å². The molecule has 290 valence electrons. The van der Waals surface area contributed by atoms with Gasteiger partial charge in [-0.05, 0) is 124 Å². The van der Waals surface area contributed by atoms with Crippen LogP contribution in [-0.2, 0) is 0 Å². The molecule has 3 heteroatoms. The zero-order valence-electron chi connectivity index (χ0n) is 34.0. The maximum Gasteiger partial charge on any atom is 0.135 e. The normalized spacial score (nSPS) is 12.4. The summed E-state index contributed by atoms with van der Waals surface area (Å²) < 4.78 is 11.3. The highest BCUT2D eigenvalue weighted by Crippen LogP contribution is 2.46. The summed E-state index contributed by atoms with van der Waals surface area (Å²) in [5.74, 6) is 0.192. The molecule has 0 bridgehead atoms. The fourth-order valence-electron chi connectivity index (χ4n) is 9.99. The van der Waals surface area contributed by atoms with Gasteiger partial charge < -0.3 is 8.98 Å². The first kappa shape index (κ1) is 35.7. The Morgan fingerprint density at radius 3 is 2.03 bits per heavy atom. The van der Waals surface area contributed by atoms with Crippen molar-refractivity contribution >= 4 is 75.3 Å². The molecule has 0 spiro atoms. The molecule has 0 aliphatic carbocycles. The molecule has 1 atom stereocenters. The van der Waals surface area contributed by atoms with Gasteiger partial charge in [-0.2, -0.15) is 0 Å². The van der Waals surface area contributed by atoms with E-state index in [0.29, 0.717) is 0 Å². The van der Waals surface area contributed by atoms with E-state index in [9.17, 15) is 0 Å². The topological polar surface area (TPSA) is 18.1 Å². The van der Waals surface area contributed by atoms with Gasteiger partial charge in [-0.3, -0.25) is 0 Å². The Bertz CT molecular complexity index is 3660. The molecule has 3 heterocycles. The number of rotatable bonds is 7. The molecule has 0 aliphatic heterocycles. The van der Waals surface area contributed by atoms with Crippen LogP contribution in [0.5, 0.6) is 0 Å². The van der Waals surface area contributed by atoms with E-state index in [1.807, 2.05) is 17.4 Å². The molecule has 12 aromatic rings. The summed E-state index contributed by atoms with van der Waals surface area (Å²) in [7, 11) is 0. The van der Waals surface area contributed by atoms with Gasteiger partial charge in [0.15, 0.2) is 0 Å². The Labute approximate surface area is 358 Å². The second-order valence-electron chi connectivity index (χ2n) is 16.4. The lowest BCUT2D eigenvalue weighted by atomic mass is 9.82. The minimum Gasteiger partial charge on any atom is -0.456 e. The summed E-state index contributed by atoms with van der Waals surface area (Å²) >= 11 is 1.90. The van der Waals surface area contributed by atoms with Gasteiger partial charge in [-0.15, -0.1) is 11.3 Å². The smallest absolute Gasteiger partial charge is 0.135 e. The van der Waals surface area contributed by atoms with Crippen LogP contribution < -0.4 is 0 Å². The van der Waals surface area contributed by atoms with Gasteiger partial charge in [-0.1, -0.05) is 140 Å². The zero-order valence-corrected chi connectivity index (χ0v) is 34.8. The molecule has 0 saturated carbocycles. The minimum atomic E-state index is 0.192. The summed E-state index contributed by atoms with van der Waals surface area (Å²) in [5.41, 5.74) is 16.9. The van der Waals surface area contributed by atoms with Crippen molar-refractivity contribution in [3.63, 3.8) is 0 Å². The van der Waals surface area contributed by atoms with Crippen molar-refractivity contribution in [2.75, 3.05) is 0 Å². The molecular weight excluding hydrogens is 759 g/mol. The van der Waals surface area contributed by atoms with Gasteiger partial charge in [-0.25, -0.2) is 0 Å².